The molecule has 1 aliphatic carbocycles. The van der Waals surface area contributed by atoms with E-state index in [0.717, 1.165) is 61.7 Å². The van der Waals surface area contributed by atoms with E-state index in [1.54, 1.807) is 0 Å². The maximum absolute atomic E-state index is 13.0. The lowest BCUT2D eigenvalue weighted by Crippen LogP contribution is -2.43. The van der Waals surface area contributed by atoms with Crippen LogP contribution in [0.5, 0.6) is 0 Å². The molecule has 1 atom stereocenters. The first-order valence-corrected chi connectivity index (χ1v) is 10.1. The molecule has 1 saturated heterocycles. The Morgan fingerprint density at radius 3 is 2.59 bits per heavy atom. The Labute approximate surface area is 159 Å². The number of primary amides is 1. The molecule has 2 aliphatic rings. The van der Waals surface area contributed by atoms with Crippen molar-refractivity contribution in [3.05, 3.63) is 41.6 Å². The number of pyridine rings is 1. The summed E-state index contributed by atoms with van der Waals surface area (Å²) in [5.74, 6) is 0.0934. The van der Waals surface area contributed by atoms with Gasteiger partial charge in [-0.25, -0.2) is 0 Å². The molecule has 142 valence electrons. The predicted molar refractivity (Wildman–Crippen MR) is 105 cm³/mol. The number of aromatic nitrogens is 1. The Bertz CT molecular complexity index is 858. The van der Waals surface area contributed by atoms with E-state index in [9.17, 15) is 9.59 Å². The number of rotatable bonds is 3. The molecule has 5 heteroatoms. The van der Waals surface area contributed by atoms with E-state index in [-0.39, 0.29) is 11.8 Å². The van der Waals surface area contributed by atoms with Gasteiger partial charge in [0.05, 0.1) is 16.8 Å². The fourth-order valence-electron chi connectivity index (χ4n) is 4.65. The lowest BCUT2D eigenvalue weighted by atomic mass is 9.86. The maximum atomic E-state index is 13.0. The number of fused-ring (bicyclic) bond motifs is 1. The van der Waals surface area contributed by atoms with E-state index in [1.807, 2.05) is 35.2 Å². The first-order valence-electron chi connectivity index (χ1n) is 10.1. The van der Waals surface area contributed by atoms with Crippen molar-refractivity contribution in [3.63, 3.8) is 0 Å². The number of nitrogens with zero attached hydrogens (tertiary/aromatic N) is 2. The molecular formula is C22H27N3O2. The SMILES string of the molecule is NC(=O)c1cc2ccccc2nc1[C@H]1CCCN(C(=O)C2CCCCC2)C1. The molecule has 4 rings (SSSR count). The van der Waals surface area contributed by atoms with Crippen LogP contribution in [0.25, 0.3) is 10.9 Å². The monoisotopic (exact) mass is 365 g/mol. The summed E-state index contributed by atoms with van der Waals surface area (Å²) in [5, 5.41) is 0.918. The lowest BCUT2D eigenvalue weighted by molar-refractivity contribution is -0.137. The van der Waals surface area contributed by atoms with Crippen molar-refractivity contribution in [2.24, 2.45) is 11.7 Å². The van der Waals surface area contributed by atoms with Crippen molar-refractivity contribution >= 4 is 22.7 Å². The molecule has 0 spiro atoms. The number of carbonyl (C=O) groups excluding carboxylic acids is 2. The molecule has 5 nitrogen and oxygen atoms in total. The van der Waals surface area contributed by atoms with Crippen molar-refractivity contribution in [1.82, 2.24) is 9.88 Å². The Balaban J connectivity index is 1.61. The van der Waals surface area contributed by atoms with Crippen LogP contribution in [-0.2, 0) is 4.79 Å². The predicted octanol–water partition coefficient (Wildman–Crippen LogP) is 3.62. The molecule has 1 saturated carbocycles. The molecule has 0 unspecified atom stereocenters. The number of hydrogen-bond acceptors (Lipinski definition) is 3. The molecule has 2 fully saturated rings. The van der Waals surface area contributed by atoms with Gasteiger partial charge in [-0.05, 0) is 37.8 Å². The van der Waals surface area contributed by atoms with Crippen molar-refractivity contribution < 1.29 is 9.59 Å². The minimum atomic E-state index is -0.445. The van der Waals surface area contributed by atoms with Gasteiger partial charge in [0, 0.05) is 30.3 Å². The molecule has 2 N–H and O–H groups in total. The summed E-state index contributed by atoms with van der Waals surface area (Å²) >= 11 is 0. The molecule has 0 bridgehead atoms. The van der Waals surface area contributed by atoms with Gasteiger partial charge in [0.15, 0.2) is 0 Å². The molecular weight excluding hydrogens is 338 g/mol. The summed E-state index contributed by atoms with van der Waals surface area (Å²) in [4.78, 5) is 31.8. The van der Waals surface area contributed by atoms with Gasteiger partial charge in [-0.2, -0.15) is 0 Å². The Morgan fingerprint density at radius 1 is 1.04 bits per heavy atom. The number of piperidine rings is 1. The number of carbonyl (C=O) groups is 2. The van der Waals surface area contributed by atoms with Crippen LogP contribution >= 0.6 is 0 Å². The second-order valence-corrected chi connectivity index (χ2v) is 7.94. The largest absolute Gasteiger partial charge is 0.366 e. The fraction of sp³-hybridized carbons (Fsp3) is 0.500. The fourth-order valence-corrected chi connectivity index (χ4v) is 4.65. The van der Waals surface area contributed by atoms with Crippen LogP contribution in [0.2, 0.25) is 0 Å². The summed E-state index contributed by atoms with van der Waals surface area (Å²) in [7, 11) is 0. The summed E-state index contributed by atoms with van der Waals surface area (Å²) in [6.07, 6.45) is 7.46. The van der Waals surface area contributed by atoms with Gasteiger partial charge in [0.1, 0.15) is 0 Å². The molecule has 2 amide bonds. The minimum Gasteiger partial charge on any atom is -0.366 e. The average molecular weight is 365 g/mol. The molecule has 2 heterocycles. The summed E-state index contributed by atoms with van der Waals surface area (Å²) in [6.45, 7) is 1.45. The Hall–Kier alpha value is -2.43. The standard InChI is InChI=1S/C22H27N3O2/c23-21(26)18-13-16-9-4-5-11-19(16)24-20(18)17-10-6-12-25(14-17)22(27)15-7-2-1-3-8-15/h4-5,9,11,13,15,17H,1-3,6-8,10,12,14H2,(H2,23,26)/t17-/m0/s1. The third-order valence-electron chi connectivity index (χ3n) is 6.09. The summed E-state index contributed by atoms with van der Waals surface area (Å²) in [6, 6.07) is 9.63. The van der Waals surface area contributed by atoms with Gasteiger partial charge >= 0.3 is 0 Å². The zero-order valence-electron chi connectivity index (χ0n) is 15.7. The van der Waals surface area contributed by atoms with Gasteiger partial charge in [-0.15, -0.1) is 0 Å². The van der Waals surface area contributed by atoms with Crippen LogP contribution in [0.1, 0.15) is 66.9 Å². The molecule has 27 heavy (non-hydrogen) atoms. The number of hydrogen-bond donors (Lipinski definition) is 1. The number of likely N-dealkylation sites (tertiary alicyclic amines) is 1. The first-order chi connectivity index (χ1) is 13.1. The van der Waals surface area contributed by atoms with Crippen molar-refractivity contribution in [1.29, 1.82) is 0 Å². The van der Waals surface area contributed by atoms with E-state index >= 15 is 0 Å². The number of nitrogens with two attached hydrogens (primary N) is 1. The zero-order valence-corrected chi connectivity index (χ0v) is 15.7. The van der Waals surface area contributed by atoms with Crippen LogP contribution in [0.4, 0.5) is 0 Å². The van der Waals surface area contributed by atoms with Crippen molar-refractivity contribution in [2.75, 3.05) is 13.1 Å². The zero-order chi connectivity index (χ0) is 18.8. The highest BCUT2D eigenvalue weighted by atomic mass is 16.2. The Morgan fingerprint density at radius 2 is 1.81 bits per heavy atom. The highest BCUT2D eigenvalue weighted by Gasteiger charge is 2.32. The third-order valence-corrected chi connectivity index (χ3v) is 6.09. The molecule has 0 radical (unpaired) electrons. The highest BCUT2D eigenvalue weighted by Crippen LogP contribution is 2.32. The normalized spacial score (nSPS) is 21.3. The summed E-state index contributed by atoms with van der Waals surface area (Å²) < 4.78 is 0. The van der Waals surface area contributed by atoms with Crippen LogP contribution in [0.15, 0.2) is 30.3 Å². The first kappa shape index (κ1) is 18.0. The number of benzene rings is 1. The summed E-state index contributed by atoms with van der Waals surface area (Å²) in [5.41, 5.74) is 7.78. The molecule has 1 aromatic heterocycles. The Kier molecular flexibility index (Phi) is 5.10. The number of para-hydroxylation sites is 1. The van der Waals surface area contributed by atoms with E-state index < -0.39 is 5.91 Å². The van der Waals surface area contributed by atoms with Gasteiger partial charge in [-0.1, -0.05) is 37.5 Å². The van der Waals surface area contributed by atoms with Crippen LogP contribution < -0.4 is 5.73 Å². The topological polar surface area (TPSA) is 76.3 Å². The molecule has 2 aromatic rings. The highest BCUT2D eigenvalue weighted by molar-refractivity contribution is 5.97. The van der Waals surface area contributed by atoms with Crippen LogP contribution in [-0.4, -0.2) is 34.8 Å². The second-order valence-electron chi connectivity index (χ2n) is 7.94. The maximum Gasteiger partial charge on any atom is 0.250 e. The van der Waals surface area contributed by atoms with E-state index in [4.69, 9.17) is 10.7 Å². The van der Waals surface area contributed by atoms with Gasteiger partial charge in [0.25, 0.3) is 5.91 Å². The van der Waals surface area contributed by atoms with E-state index in [1.165, 1.54) is 6.42 Å². The number of amides is 2. The van der Waals surface area contributed by atoms with Crippen molar-refractivity contribution in [2.45, 2.75) is 50.9 Å². The molecule has 1 aromatic carbocycles. The van der Waals surface area contributed by atoms with Crippen LogP contribution in [0.3, 0.4) is 0 Å². The quantitative estimate of drug-likeness (QED) is 0.902. The van der Waals surface area contributed by atoms with Gasteiger partial charge in [0.2, 0.25) is 5.91 Å². The van der Waals surface area contributed by atoms with Gasteiger partial charge < -0.3 is 10.6 Å². The average Bonchev–Trinajstić information content (AvgIpc) is 2.73. The van der Waals surface area contributed by atoms with E-state index in [0.29, 0.717) is 18.0 Å². The third kappa shape index (κ3) is 3.68. The smallest absolute Gasteiger partial charge is 0.250 e. The van der Waals surface area contributed by atoms with Crippen LogP contribution in [0, 0.1) is 5.92 Å². The lowest BCUT2D eigenvalue weighted by Gasteiger charge is -2.36. The second kappa shape index (κ2) is 7.67. The minimum absolute atomic E-state index is 0.0680. The van der Waals surface area contributed by atoms with Crippen molar-refractivity contribution in [3.8, 4) is 0 Å². The molecule has 1 aliphatic heterocycles. The van der Waals surface area contributed by atoms with E-state index in [2.05, 4.69) is 0 Å². The van der Waals surface area contributed by atoms with Gasteiger partial charge in [-0.3, -0.25) is 14.6 Å².